The highest BCUT2D eigenvalue weighted by Crippen LogP contribution is 2.19. The zero-order valence-corrected chi connectivity index (χ0v) is 13.3. The van der Waals surface area contributed by atoms with E-state index >= 15 is 0 Å². The molecule has 1 heterocycles. The highest BCUT2D eigenvalue weighted by Gasteiger charge is 2.27. The van der Waals surface area contributed by atoms with Crippen molar-refractivity contribution in [2.24, 2.45) is 0 Å². The number of hydrogen-bond acceptors (Lipinski definition) is 5. The fraction of sp³-hybridized carbons (Fsp3) is 0.615. The van der Waals surface area contributed by atoms with Gasteiger partial charge in [0.2, 0.25) is 10.0 Å². The van der Waals surface area contributed by atoms with Crippen molar-refractivity contribution in [2.75, 3.05) is 32.1 Å². The highest BCUT2D eigenvalue weighted by molar-refractivity contribution is 7.89. The second-order valence-corrected chi connectivity index (χ2v) is 6.50. The van der Waals surface area contributed by atoms with E-state index in [4.69, 9.17) is 4.74 Å². The van der Waals surface area contributed by atoms with Crippen molar-refractivity contribution in [3.63, 3.8) is 0 Å². The van der Waals surface area contributed by atoms with E-state index in [1.54, 1.807) is 13.2 Å². The smallest absolute Gasteiger partial charge is 0.243 e. The summed E-state index contributed by atoms with van der Waals surface area (Å²) in [4.78, 5) is 4.33. The molecule has 0 bridgehead atoms. The first kappa shape index (κ1) is 16.9. The normalized spacial score (nSPS) is 12.1. The molecule has 0 radical (unpaired) electrons. The van der Waals surface area contributed by atoms with Gasteiger partial charge in [-0.05, 0) is 26.8 Å². The van der Waals surface area contributed by atoms with Gasteiger partial charge >= 0.3 is 0 Å². The van der Waals surface area contributed by atoms with Gasteiger partial charge in [-0.2, -0.15) is 4.31 Å². The lowest BCUT2D eigenvalue weighted by Gasteiger charge is -2.25. The molecule has 1 rings (SSSR count). The molecule has 1 N–H and O–H groups in total. The van der Waals surface area contributed by atoms with Crippen molar-refractivity contribution >= 4 is 15.8 Å². The van der Waals surface area contributed by atoms with Gasteiger partial charge in [0.25, 0.3) is 0 Å². The molecule has 0 unspecified atom stereocenters. The lowest BCUT2D eigenvalue weighted by Crippen LogP contribution is -2.39. The molecule has 1 aromatic rings. The van der Waals surface area contributed by atoms with Gasteiger partial charge in [-0.15, -0.1) is 0 Å². The topological polar surface area (TPSA) is 71.5 Å². The summed E-state index contributed by atoms with van der Waals surface area (Å²) < 4.78 is 31.7. The largest absolute Gasteiger partial charge is 0.383 e. The van der Waals surface area contributed by atoms with Gasteiger partial charge in [0, 0.05) is 38.5 Å². The van der Waals surface area contributed by atoms with E-state index in [-0.39, 0.29) is 10.9 Å². The lowest BCUT2D eigenvalue weighted by molar-refractivity contribution is 0.171. The highest BCUT2D eigenvalue weighted by atomic mass is 32.2. The molecule has 0 saturated carbocycles. The summed E-state index contributed by atoms with van der Waals surface area (Å²) in [5.41, 5.74) is 0. The van der Waals surface area contributed by atoms with Crippen LogP contribution in [0.25, 0.3) is 0 Å². The predicted octanol–water partition coefficient (Wildman–Crippen LogP) is 1.56. The van der Waals surface area contributed by atoms with Gasteiger partial charge < -0.3 is 10.1 Å². The van der Waals surface area contributed by atoms with E-state index in [1.807, 2.05) is 20.8 Å². The van der Waals surface area contributed by atoms with Gasteiger partial charge in [-0.3, -0.25) is 0 Å². The zero-order valence-electron chi connectivity index (χ0n) is 12.5. The molecule has 1 aromatic heterocycles. The number of hydrogen-bond donors (Lipinski definition) is 1. The molecule has 0 aliphatic rings. The van der Waals surface area contributed by atoms with Crippen LogP contribution in [0.3, 0.4) is 0 Å². The second-order valence-electron chi connectivity index (χ2n) is 4.61. The predicted molar refractivity (Wildman–Crippen MR) is 79.3 cm³/mol. The Bertz CT molecular complexity index is 517. The van der Waals surface area contributed by atoms with Crippen LogP contribution < -0.4 is 5.32 Å². The van der Waals surface area contributed by atoms with Crippen molar-refractivity contribution in [1.82, 2.24) is 9.29 Å². The number of ether oxygens (including phenoxy) is 1. The molecule has 0 aliphatic carbocycles. The number of nitrogens with one attached hydrogen (secondary N) is 1. The summed E-state index contributed by atoms with van der Waals surface area (Å²) in [7, 11) is -1.98. The molecular weight excluding hydrogens is 278 g/mol. The van der Waals surface area contributed by atoms with Gasteiger partial charge in [0.1, 0.15) is 5.82 Å². The molecule has 7 heteroatoms. The first-order valence-corrected chi connectivity index (χ1v) is 8.08. The first-order valence-electron chi connectivity index (χ1n) is 6.64. The average molecular weight is 301 g/mol. The van der Waals surface area contributed by atoms with Crippen LogP contribution in [-0.2, 0) is 14.8 Å². The molecular formula is C13H23N3O3S. The van der Waals surface area contributed by atoms with Gasteiger partial charge in [-0.25, -0.2) is 13.4 Å². The van der Waals surface area contributed by atoms with Gasteiger partial charge in [-0.1, -0.05) is 0 Å². The van der Waals surface area contributed by atoms with Crippen molar-refractivity contribution in [3.8, 4) is 0 Å². The number of sulfonamides is 1. The monoisotopic (exact) mass is 301 g/mol. The Morgan fingerprint density at radius 2 is 2.15 bits per heavy atom. The van der Waals surface area contributed by atoms with Gasteiger partial charge in [0.05, 0.1) is 11.5 Å². The maximum atomic E-state index is 12.7. The van der Waals surface area contributed by atoms with Crippen LogP contribution in [0, 0.1) is 0 Å². The summed E-state index contributed by atoms with van der Waals surface area (Å²) in [6.45, 7) is 7.01. The van der Waals surface area contributed by atoms with Crippen molar-refractivity contribution in [1.29, 1.82) is 0 Å². The minimum Gasteiger partial charge on any atom is -0.383 e. The molecule has 0 saturated heterocycles. The number of pyridine rings is 1. The van der Waals surface area contributed by atoms with E-state index in [2.05, 4.69) is 10.3 Å². The Kier molecular flexibility index (Phi) is 6.38. The third-order valence-electron chi connectivity index (χ3n) is 2.79. The van der Waals surface area contributed by atoms with Crippen LogP contribution in [-0.4, -0.2) is 50.6 Å². The molecule has 0 spiro atoms. The maximum Gasteiger partial charge on any atom is 0.243 e. The molecule has 0 aromatic carbocycles. The summed E-state index contributed by atoms with van der Waals surface area (Å²) in [5.74, 6) is 0.559. The third-order valence-corrected chi connectivity index (χ3v) is 4.86. The SMILES string of the molecule is CCNc1cc(S(=O)(=O)N(CCOC)C(C)C)ccn1. The Morgan fingerprint density at radius 1 is 1.45 bits per heavy atom. The molecule has 0 fully saturated rings. The Hall–Kier alpha value is -1.18. The Morgan fingerprint density at radius 3 is 2.70 bits per heavy atom. The van der Waals surface area contributed by atoms with E-state index < -0.39 is 10.0 Å². The van der Waals surface area contributed by atoms with E-state index in [0.717, 1.165) is 0 Å². The first-order chi connectivity index (χ1) is 9.43. The standard InChI is InChI=1S/C13H23N3O3S/c1-5-14-13-10-12(6-7-15-13)20(17,18)16(11(2)3)8-9-19-4/h6-7,10-11H,5,8-9H2,1-4H3,(H,14,15). The van der Waals surface area contributed by atoms with Crippen LogP contribution >= 0.6 is 0 Å². The Labute approximate surface area is 121 Å². The van der Waals surface area contributed by atoms with Gasteiger partial charge in [0.15, 0.2) is 0 Å². The maximum absolute atomic E-state index is 12.7. The summed E-state index contributed by atoms with van der Waals surface area (Å²) in [5, 5.41) is 3.01. The van der Waals surface area contributed by atoms with Crippen LogP contribution in [0.5, 0.6) is 0 Å². The molecule has 6 nitrogen and oxygen atoms in total. The molecule has 20 heavy (non-hydrogen) atoms. The molecule has 0 aliphatic heterocycles. The summed E-state index contributed by atoms with van der Waals surface area (Å²) in [6, 6.07) is 2.94. The third kappa shape index (κ3) is 4.16. The van der Waals surface area contributed by atoms with E-state index in [1.165, 1.54) is 16.6 Å². The van der Waals surface area contributed by atoms with E-state index in [9.17, 15) is 8.42 Å². The van der Waals surface area contributed by atoms with Crippen molar-refractivity contribution in [2.45, 2.75) is 31.7 Å². The van der Waals surface area contributed by atoms with Crippen LogP contribution in [0.15, 0.2) is 23.2 Å². The number of methoxy groups -OCH3 is 1. The minimum atomic E-state index is -3.54. The zero-order chi connectivity index (χ0) is 15.2. The van der Waals surface area contributed by atoms with Crippen LogP contribution in [0.2, 0.25) is 0 Å². The summed E-state index contributed by atoms with van der Waals surface area (Å²) >= 11 is 0. The van der Waals surface area contributed by atoms with Crippen molar-refractivity contribution < 1.29 is 13.2 Å². The number of rotatable bonds is 8. The molecule has 114 valence electrons. The second kappa shape index (κ2) is 7.56. The fourth-order valence-corrected chi connectivity index (χ4v) is 3.46. The number of nitrogens with zero attached hydrogens (tertiary/aromatic N) is 2. The number of aromatic nitrogens is 1. The quantitative estimate of drug-likeness (QED) is 0.789. The average Bonchev–Trinajstić information content (AvgIpc) is 2.39. The summed E-state index contributed by atoms with van der Waals surface area (Å²) in [6.07, 6.45) is 1.50. The minimum absolute atomic E-state index is 0.133. The number of anilines is 1. The van der Waals surface area contributed by atoms with Crippen LogP contribution in [0.4, 0.5) is 5.82 Å². The Balaban J connectivity index is 3.09. The molecule has 0 atom stereocenters. The molecule has 0 amide bonds. The van der Waals surface area contributed by atoms with E-state index in [0.29, 0.717) is 25.5 Å². The fourth-order valence-electron chi connectivity index (χ4n) is 1.82. The van der Waals surface area contributed by atoms with Crippen molar-refractivity contribution in [3.05, 3.63) is 18.3 Å². The lowest BCUT2D eigenvalue weighted by atomic mass is 10.4. The van der Waals surface area contributed by atoms with Crippen LogP contribution in [0.1, 0.15) is 20.8 Å².